The number of aromatic amines is 1. The molecule has 0 aliphatic carbocycles. The molecule has 0 saturated carbocycles. The number of carbonyl (C=O) groups excluding carboxylic acids is 3. The highest BCUT2D eigenvalue weighted by molar-refractivity contribution is 6.13. The molecular weight excluding hydrogens is 422 g/mol. The van der Waals surface area contributed by atoms with E-state index < -0.39 is 29.2 Å². The molecule has 0 atom stereocenters. The molecule has 0 bridgehead atoms. The molecule has 0 spiro atoms. The summed E-state index contributed by atoms with van der Waals surface area (Å²) in [6.07, 6.45) is -0.501. The highest BCUT2D eigenvalue weighted by atomic mass is 16.6. The van der Waals surface area contributed by atoms with Crippen LogP contribution in [0.2, 0.25) is 0 Å². The molecule has 0 fully saturated rings. The van der Waals surface area contributed by atoms with Crippen molar-refractivity contribution in [2.75, 3.05) is 5.32 Å². The van der Waals surface area contributed by atoms with Crippen LogP contribution in [0.1, 0.15) is 50.5 Å². The topological polar surface area (TPSA) is 152 Å². The number of benzene rings is 2. The molecule has 174 valence electrons. The van der Waals surface area contributed by atoms with Crippen LogP contribution in [0.25, 0.3) is 22.0 Å². The molecule has 0 aliphatic rings. The van der Waals surface area contributed by atoms with E-state index >= 15 is 0 Å². The zero-order chi connectivity index (χ0) is 24.6. The first-order valence-corrected chi connectivity index (χ1v) is 10.4. The number of hydrogen-bond donors (Lipinski definition) is 5. The molecule has 9 nitrogen and oxygen atoms in total. The lowest BCUT2D eigenvalue weighted by Gasteiger charge is -2.29. The molecule has 3 rings (SSSR count). The monoisotopic (exact) mass is 451 g/mol. The number of primary amides is 2. The number of nitrogens with two attached hydrogens (primary N) is 2. The Kier molecular flexibility index (Phi) is 6.09. The highest BCUT2D eigenvalue weighted by Gasteiger charge is 2.26. The van der Waals surface area contributed by atoms with Gasteiger partial charge in [0.15, 0.2) is 0 Å². The van der Waals surface area contributed by atoms with Crippen LogP contribution in [-0.4, -0.2) is 28.6 Å². The van der Waals surface area contributed by atoms with E-state index in [0.29, 0.717) is 10.9 Å². The van der Waals surface area contributed by atoms with Crippen LogP contribution in [0, 0.1) is 0 Å². The van der Waals surface area contributed by atoms with Gasteiger partial charge in [0.05, 0.1) is 11.1 Å². The van der Waals surface area contributed by atoms with Crippen LogP contribution in [-0.2, 0) is 10.3 Å². The van der Waals surface area contributed by atoms with Gasteiger partial charge < -0.3 is 26.5 Å². The zero-order valence-electron chi connectivity index (χ0n) is 19.3. The lowest BCUT2D eigenvalue weighted by molar-refractivity contribution is 0.0470. The Bertz CT molecular complexity index is 1240. The maximum absolute atomic E-state index is 12.3. The van der Waals surface area contributed by atoms with E-state index in [-0.39, 0.29) is 11.4 Å². The van der Waals surface area contributed by atoms with Crippen molar-refractivity contribution in [3.8, 4) is 11.1 Å². The number of nitrogens with one attached hydrogen (secondary N) is 3. The number of alkyl carbamates (subject to hydrolysis) is 1. The van der Waals surface area contributed by atoms with Gasteiger partial charge in [0, 0.05) is 10.9 Å². The summed E-state index contributed by atoms with van der Waals surface area (Å²) in [5.74, 6) is -0.534. The van der Waals surface area contributed by atoms with Gasteiger partial charge in [-0.15, -0.1) is 0 Å². The second kappa shape index (κ2) is 8.50. The van der Waals surface area contributed by atoms with Gasteiger partial charge in [-0.2, -0.15) is 0 Å². The standard InChI is InChI=1S/C24H29N5O4/c1-23(2,3)33-22(32)29-24(4,5)15-8-6-7-13(11-15)14-9-10-16-17(12-14)27-20(28-21(26)31)18(16)19(25)30/h6-12,27H,1-5H3,(H2,25,30)(H,29,32)(H3,26,28,31). The first-order chi connectivity index (χ1) is 15.3. The normalized spacial score (nSPS) is 11.8. The van der Waals surface area contributed by atoms with E-state index in [0.717, 1.165) is 16.7 Å². The van der Waals surface area contributed by atoms with Crippen LogP contribution < -0.4 is 22.1 Å². The second-order valence-electron chi connectivity index (χ2n) is 9.32. The molecule has 1 aromatic heterocycles. The SMILES string of the molecule is CC(C)(C)OC(=O)NC(C)(C)c1cccc(-c2ccc3c(C(N)=O)c(NC(N)=O)[nH]c3c2)c1. The van der Waals surface area contributed by atoms with Crippen LogP contribution in [0.15, 0.2) is 42.5 Å². The Labute approximate surface area is 191 Å². The minimum atomic E-state index is -0.809. The third kappa shape index (κ3) is 5.43. The van der Waals surface area contributed by atoms with Crippen LogP contribution in [0.5, 0.6) is 0 Å². The summed E-state index contributed by atoms with van der Waals surface area (Å²) < 4.78 is 5.39. The molecule has 2 aromatic carbocycles. The Morgan fingerprint density at radius 3 is 2.21 bits per heavy atom. The summed E-state index contributed by atoms with van der Waals surface area (Å²) in [4.78, 5) is 38.5. The fraction of sp³-hybridized carbons (Fsp3) is 0.292. The Morgan fingerprint density at radius 1 is 0.939 bits per heavy atom. The summed E-state index contributed by atoms with van der Waals surface area (Å²) in [7, 11) is 0. The lowest BCUT2D eigenvalue weighted by atomic mass is 9.91. The van der Waals surface area contributed by atoms with Crippen molar-refractivity contribution in [2.24, 2.45) is 11.5 Å². The molecule has 1 heterocycles. The van der Waals surface area contributed by atoms with Crippen LogP contribution in [0.3, 0.4) is 0 Å². The summed E-state index contributed by atoms with van der Waals surface area (Å²) in [6.45, 7) is 9.22. The lowest BCUT2D eigenvalue weighted by Crippen LogP contribution is -2.43. The first-order valence-electron chi connectivity index (χ1n) is 10.4. The number of ether oxygens (including phenoxy) is 1. The van der Waals surface area contributed by atoms with E-state index in [4.69, 9.17) is 16.2 Å². The molecular formula is C24H29N5O4. The molecule has 33 heavy (non-hydrogen) atoms. The molecule has 3 aromatic rings. The number of fused-ring (bicyclic) bond motifs is 1. The number of H-pyrrole nitrogens is 1. The van der Waals surface area contributed by atoms with Crippen molar-refractivity contribution in [1.29, 1.82) is 0 Å². The Balaban J connectivity index is 1.96. The number of carbonyl (C=O) groups is 3. The predicted molar refractivity (Wildman–Crippen MR) is 128 cm³/mol. The average Bonchev–Trinajstić information content (AvgIpc) is 3.02. The molecule has 7 N–H and O–H groups in total. The number of hydrogen-bond acceptors (Lipinski definition) is 4. The largest absolute Gasteiger partial charge is 0.444 e. The molecule has 0 unspecified atom stereocenters. The number of urea groups is 1. The van der Waals surface area contributed by atoms with Gasteiger partial charge in [0.25, 0.3) is 5.91 Å². The van der Waals surface area contributed by atoms with E-state index in [1.807, 2.05) is 71.0 Å². The minimum Gasteiger partial charge on any atom is -0.444 e. The van der Waals surface area contributed by atoms with Gasteiger partial charge in [-0.25, -0.2) is 9.59 Å². The van der Waals surface area contributed by atoms with E-state index in [1.165, 1.54) is 0 Å². The fourth-order valence-corrected chi connectivity index (χ4v) is 3.57. The van der Waals surface area contributed by atoms with Crippen LogP contribution >= 0.6 is 0 Å². The molecule has 0 saturated heterocycles. The van der Waals surface area contributed by atoms with Crippen molar-refractivity contribution in [1.82, 2.24) is 10.3 Å². The smallest absolute Gasteiger partial charge is 0.408 e. The summed E-state index contributed by atoms with van der Waals surface area (Å²) in [6, 6.07) is 12.4. The van der Waals surface area contributed by atoms with Crippen molar-refractivity contribution in [3.05, 3.63) is 53.6 Å². The third-order valence-electron chi connectivity index (χ3n) is 5.02. The van der Waals surface area contributed by atoms with E-state index in [2.05, 4.69) is 15.6 Å². The molecule has 4 amide bonds. The summed E-state index contributed by atoms with van der Waals surface area (Å²) in [5, 5.41) is 5.87. The number of rotatable bonds is 5. The Morgan fingerprint density at radius 2 is 1.61 bits per heavy atom. The van der Waals surface area contributed by atoms with E-state index in [9.17, 15) is 14.4 Å². The number of anilines is 1. The Hall–Kier alpha value is -4.01. The fourth-order valence-electron chi connectivity index (χ4n) is 3.57. The maximum atomic E-state index is 12.3. The molecule has 0 aliphatic heterocycles. The zero-order valence-corrected chi connectivity index (χ0v) is 19.3. The van der Waals surface area contributed by atoms with Gasteiger partial charge >= 0.3 is 12.1 Å². The number of aromatic nitrogens is 1. The first kappa shape index (κ1) is 23.6. The van der Waals surface area contributed by atoms with Crippen molar-refractivity contribution >= 4 is 34.8 Å². The van der Waals surface area contributed by atoms with Crippen molar-refractivity contribution in [3.63, 3.8) is 0 Å². The summed E-state index contributed by atoms with van der Waals surface area (Å²) in [5.41, 5.74) is 12.8. The van der Waals surface area contributed by atoms with Crippen molar-refractivity contribution in [2.45, 2.75) is 45.8 Å². The molecule has 0 radical (unpaired) electrons. The van der Waals surface area contributed by atoms with Gasteiger partial charge in [-0.1, -0.05) is 30.3 Å². The number of amides is 4. The predicted octanol–water partition coefficient (Wildman–Crippen LogP) is 4.18. The summed E-state index contributed by atoms with van der Waals surface area (Å²) >= 11 is 0. The van der Waals surface area contributed by atoms with Gasteiger partial charge in [0.2, 0.25) is 0 Å². The highest BCUT2D eigenvalue weighted by Crippen LogP contribution is 2.32. The second-order valence-corrected chi connectivity index (χ2v) is 9.32. The quantitative estimate of drug-likeness (QED) is 0.395. The average molecular weight is 452 g/mol. The van der Waals surface area contributed by atoms with Crippen LogP contribution in [0.4, 0.5) is 15.4 Å². The third-order valence-corrected chi connectivity index (χ3v) is 5.02. The van der Waals surface area contributed by atoms with E-state index in [1.54, 1.807) is 6.07 Å². The van der Waals surface area contributed by atoms with Crippen molar-refractivity contribution < 1.29 is 19.1 Å². The minimum absolute atomic E-state index is 0.151. The van der Waals surface area contributed by atoms with Gasteiger partial charge in [0.1, 0.15) is 11.4 Å². The molecule has 9 heteroatoms. The maximum Gasteiger partial charge on any atom is 0.408 e. The van der Waals surface area contributed by atoms with Gasteiger partial charge in [-0.05, 0) is 63.4 Å². The van der Waals surface area contributed by atoms with Gasteiger partial charge in [-0.3, -0.25) is 10.1 Å².